The van der Waals surface area contributed by atoms with Crippen LogP contribution in [0.15, 0.2) is 4.52 Å². The number of hydrogen-bond donors (Lipinski definition) is 1. The van der Waals surface area contributed by atoms with Crippen LogP contribution >= 0.6 is 0 Å². The van der Waals surface area contributed by atoms with Crippen molar-refractivity contribution in [3.63, 3.8) is 0 Å². The lowest BCUT2D eigenvalue weighted by molar-refractivity contribution is -0.259. The predicted octanol–water partition coefficient (Wildman–Crippen LogP) is 2.74. The lowest BCUT2D eigenvalue weighted by Gasteiger charge is -2.20. The van der Waals surface area contributed by atoms with Crippen molar-refractivity contribution in [3.05, 3.63) is 11.7 Å². The van der Waals surface area contributed by atoms with Gasteiger partial charge < -0.3 is 9.84 Å². The zero-order valence-corrected chi connectivity index (χ0v) is 10.1. The SMILES string of the molecule is FC(F)(F)C(c1nc(C2CCCNC2)no1)C(F)(F)F. The molecule has 1 aliphatic rings. The normalized spacial score (nSPS) is 21.4. The second-order valence-electron chi connectivity index (χ2n) is 4.55. The van der Waals surface area contributed by atoms with Crippen molar-refractivity contribution in [1.82, 2.24) is 15.5 Å². The van der Waals surface area contributed by atoms with E-state index in [0.29, 0.717) is 13.0 Å². The summed E-state index contributed by atoms with van der Waals surface area (Å²) in [6, 6.07) is 0. The van der Waals surface area contributed by atoms with Gasteiger partial charge in [0.05, 0.1) is 0 Å². The number of piperidine rings is 1. The first kappa shape index (κ1) is 15.1. The Morgan fingerprint density at radius 2 is 1.80 bits per heavy atom. The van der Waals surface area contributed by atoms with Crippen LogP contribution in [0.4, 0.5) is 26.3 Å². The smallest absolute Gasteiger partial charge is 0.338 e. The third-order valence-electron chi connectivity index (χ3n) is 3.02. The van der Waals surface area contributed by atoms with Crippen LogP contribution < -0.4 is 5.32 Å². The molecule has 1 unspecified atom stereocenters. The number of nitrogens with one attached hydrogen (secondary N) is 1. The average Bonchev–Trinajstić information content (AvgIpc) is 2.75. The number of halogens is 6. The molecule has 1 saturated heterocycles. The summed E-state index contributed by atoms with van der Waals surface area (Å²) >= 11 is 0. The largest absolute Gasteiger partial charge is 0.409 e. The van der Waals surface area contributed by atoms with Crippen LogP contribution in [0.5, 0.6) is 0 Å². The zero-order valence-electron chi connectivity index (χ0n) is 10.1. The van der Waals surface area contributed by atoms with Gasteiger partial charge in [-0.05, 0) is 19.4 Å². The van der Waals surface area contributed by atoms with E-state index in [4.69, 9.17) is 0 Å². The summed E-state index contributed by atoms with van der Waals surface area (Å²) in [5.41, 5.74) is 0. The molecule has 1 atom stereocenters. The summed E-state index contributed by atoms with van der Waals surface area (Å²) in [7, 11) is 0. The second kappa shape index (κ2) is 5.23. The Hall–Kier alpha value is -1.32. The molecule has 2 rings (SSSR count). The van der Waals surface area contributed by atoms with Gasteiger partial charge in [-0.1, -0.05) is 5.16 Å². The molecule has 1 aliphatic heterocycles. The molecule has 4 nitrogen and oxygen atoms in total. The summed E-state index contributed by atoms with van der Waals surface area (Å²) in [5.74, 6) is -5.65. The molecule has 1 aromatic heterocycles. The molecule has 1 N–H and O–H groups in total. The van der Waals surface area contributed by atoms with Crippen molar-refractivity contribution in [1.29, 1.82) is 0 Å². The minimum absolute atomic E-state index is 0.120. The van der Waals surface area contributed by atoms with Crippen LogP contribution in [0.1, 0.15) is 36.4 Å². The van der Waals surface area contributed by atoms with Crippen LogP contribution in [0.2, 0.25) is 0 Å². The van der Waals surface area contributed by atoms with Gasteiger partial charge in [-0.25, -0.2) is 0 Å². The third-order valence-corrected chi connectivity index (χ3v) is 3.02. The summed E-state index contributed by atoms with van der Waals surface area (Å²) in [6.07, 6.45) is -9.70. The molecular weight excluding hydrogens is 292 g/mol. The van der Waals surface area contributed by atoms with Crippen LogP contribution in [0.25, 0.3) is 0 Å². The maximum Gasteiger partial charge on any atom is 0.409 e. The number of alkyl halides is 6. The summed E-state index contributed by atoms with van der Waals surface area (Å²) in [5, 5.41) is 6.23. The molecule has 10 heteroatoms. The van der Waals surface area contributed by atoms with Gasteiger partial charge in [0, 0.05) is 12.5 Å². The maximum absolute atomic E-state index is 12.5. The first-order valence-electron chi connectivity index (χ1n) is 5.87. The number of rotatable bonds is 2. The van der Waals surface area contributed by atoms with E-state index >= 15 is 0 Å². The highest BCUT2D eigenvalue weighted by molar-refractivity contribution is 5.05. The van der Waals surface area contributed by atoms with Crippen LogP contribution in [-0.4, -0.2) is 35.6 Å². The number of nitrogens with zero attached hydrogens (tertiary/aromatic N) is 2. The molecule has 114 valence electrons. The van der Waals surface area contributed by atoms with Gasteiger partial charge >= 0.3 is 12.4 Å². The highest BCUT2D eigenvalue weighted by Gasteiger charge is 2.60. The molecule has 0 aromatic carbocycles. The number of aromatic nitrogens is 2. The van der Waals surface area contributed by atoms with E-state index in [1.54, 1.807) is 0 Å². The second-order valence-corrected chi connectivity index (χ2v) is 4.55. The van der Waals surface area contributed by atoms with Gasteiger partial charge in [-0.3, -0.25) is 0 Å². The number of hydrogen-bond acceptors (Lipinski definition) is 4. The Kier molecular flexibility index (Phi) is 3.94. The Bertz CT molecular complexity index is 435. The molecule has 0 saturated carbocycles. The van der Waals surface area contributed by atoms with Crippen LogP contribution in [0.3, 0.4) is 0 Å². The van der Waals surface area contributed by atoms with Gasteiger partial charge in [0.25, 0.3) is 0 Å². The molecule has 1 aromatic rings. The first-order valence-corrected chi connectivity index (χ1v) is 5.87. The molecule has 0 aliphatic carbocycles. The van der Waals surface area contributed by atoms with Gasteiger partial charge in [-0.15, -0.1) is 0 Å². The van der Waals surface area contributed by atoms with Crippen molar-refractivity contribution >= 4 is 0 Å². The highest BCUT2D eigenvalue weighted by Crippen LogP contribution is 2.45. The fourth-order valence-corrected chi connectivity index (χ4v) is 2.07. The molecule has 0 amide bonds. The molecule has 20 heavy (non-hydrogen) atoms. The van der Waals surface area contributed by atoms with Gasteiger partial charge in [0.15, 0.2) is 5.82 Å². The van der Waals surface area contributed by atoms with Gasteiger partial charge in [0.1, 0.15) is 0 Å². The van der Waals surface area contributed by atoms with Crippen molar-refractivity contribution in [2.24, 2.45) is 0 Å². The fourth-order valence-electron chi connectivity index (χ4n) is 2.07. The minimum atomic E-state index is -5.52. The average molecular weight is 303 g/mol. The van der Waals surface area contributed by atoms with E-state index in [1.807, 2.05) is 0 Å². The lowest BCUT2D eigenvalue weighted by atomic mass is 9.99. The topological polar surface area (TPSA) is 51.0 Å². The van der Waals surface area contributed by atoms with Gasteiger partial charge in [-0.2, -0.15) is 31.3 Å². The predicted molar refractivity (Wildman–Crippen MR) is 54.0 cm³/mol. The Morgan fingerprint density at radius 3 is 2.30 bits per heavy atom. The van der Waals surface area contributed by atoms with E-state index in [1.165, 1.54) is 0 Å². The molecule has 0 bridgehead atoms. The van der Waals surface area contributed by atoms with E-state index < -0.39 is 24.2 Å². The van der Waals surface area contributed by atoms with E-state index in [9.17, 15) is 26.3 Å². The summed E-state index contributed by atoms with van der Waals surface area (Å²) < 4.78 is 79.2. The van der Waals surface area contributed by atoms with Crippen molar-refractivity contribution in [3.8, 4) is 0 Å². The lowest BCUT2D eigenvalue weighted by Crippen LogP contribution is -2.34. The monoisotopic (exact) mass is 303 g/mol. The quantitative estimate of drug-likeness (QED) is 0.854. The first-order chi connectivity index (χ1) is 9.19. The zero-order chi connectivity index (χ0) is 15.0. The highest BCUT2D eigenvalue weighted by atomic mass is 19.4. The van der Waals surface area contributed by atoms with Gasteiger partial charge in [0.2, 0.25) is 11.8 Å². The Balaban J connectivity index is 2.25. The molecule has 0 spiro atoms. The fraction of sp³-hybridized carbons (Fsp3) is 0.800. The van der Waals surface area contributed by atoms with Crippen molar-refractivity contribution < 1.29 is 30.9 Å². The van der Waals surface area contributed by atoms with E-state index in [2.05, 4.69) is 20.0 Å². The minimum Gasteiger partial charge on any atom is -0.338 e. The maximum atomic E-state index is 12.5. The van der Waals surface area contributed by atoms with Crippen molar-refractivity contribution in [2.45, 2.75) is 37.0 Å². The standard InChI is InChI=1S/C10H11F6N3O/c11-9(12,13)6(10(14,15)16)8-18-7(19-20-8)5-2-1-3-17-4-5/h5-6,17H,1-4H2. The molecule has 0 radical (unpaired) electrons. The van der Waals surface area contributed by atoms with Crippen molar-refractivity contribution in [2.75, 3.05) is 13.1 Å². The third kappa shape index (κ3) is 3.22. The van der Waals surface area contributed by atoms with Crippen LogP contribution in [0, 0.1) is 0 Å². The molecular formula is C10H11F6N3O. The summed E-state index contributed by atoms with van der Waals surface area (Å²) in [4.78, 5) is 3.31. The summed E-state index contributed by atoms with van der Waals surface area (Å²) in [6.45, 7) is 1.15. The molecule has 1 fully saturated rings. The van der Waals surface area contributed by atoms with Crippen LogP contribution in [-0.2, 0) is 0 Å². The molecule has 2 heterocycles. The van der Waals surface area contributed by atoms with E-state index in [-0.39, 0.29) is 11.7 Å². The Morgan fingerprint density at radius 1 is 1.15 bits per heavy atom. The Labute approximate surface area is 109 Å². The van der Waals surface area contributed by atoms with E-state index in [0.717, 1.165) is 13.0 Å².